The summed E-state index contributed by atoms with van der Waals surface area (Å²) in [5.74, 6) is 1.09. The molecule has 0 saturated heterocycles. The minimum Gasteiger partial charge on any atom is -0.496 e. The van der Waals surface area contributed by atoms with E-state index in [1.54, 1.807) is 18.2 Å². The Morgan fingerprint density at radius 3 is 2.20 bits per heavy atom. The maximum atomic E-state index is 12.0. The van der Waals surface area contributed by atoms with Crippen molar-refractivity contribution in [2.75, 3.05) is 34.5 Å². The molecule has 0 saturated carbocycles. The number of carbonyl (C=O) groups excluding carboxylic acids is 2. The van der Waals surface area contributed by atoms with Gasteiger partial charge in [-0.3, -0.25) is 4.79 Å². The number of methoxy groups -OCH3 is 3. The third-order valence-electron chi connectivity index (χ3n) is 4.53. The highest BCUT2D eigenvalue weighted by molar-refractivity contribution is 5.81. The lowest BCUT2D eigenvalue weighted by molar-refractivity contribution is -0.150. The summed E-state index contributed by atoms with van der Waals surface area (Å²) < 4.78 is 26.3. The highest BCUT2D eigenvalue weighted by Gasteiger charge is 2.14. The average molecular weight is 417 g/mol. The van der Waals surface area contributed by atoms with Crippen molar-refractivity contribution in [2.45, 2.75) is 20.4 Å². The fraction of sp³-hybridized carbons (Fsp3) is 0.364. The summed E-state index contributed by atoms with van der Waals surface area (Å²) in [6.07, 6.45) is 0. The summed E-state index contributed by atoms with van der Waals surface area (Å²) in [4.78, 5) is 23.9. The van der Waals surface area contributed by atoms with E-state index < -0.39 is 18.5 Å². The van der Waals surface area contributed by atoms with Gasteiger partial charge in [0.1, 0.15) is 11.5 Å². The van der Waals surface area contributed by atoms with Crippen molar-refractivity contribution < 1.29 is 33.3 Å². The molecule has 1 amide bonds. The maximum Gasteiger partial charge on any atom is 0.344 e. The minimum absolute atomic E-state index is 0.166. The van der Waals surface area contributed by atoms with Gasteiger partial charge in [-0.15, -0.1) is 0 Å². The molecule has 0 unspecified atom stereocenters. The second-order valence-electron chi connectivity index (χ2n) is 6.44. The molecule has 2 aromatic carbocycles. The number of nitrogens with one attached hydrogen (secondary N) is 1. The molecule has 0 bridgehead atoms. The molecular weight excluding hydrogens is 390 g/mol. The normalized spacial score (nSPS) is 10.2. The van der Waals surface area contributed by atoms with E-state index in [1.165, 1.54) is 21.3 Å². The van der Waals surface area contributed by atoms with Crippen LogP contribution in [0.15, 0.2) is 30.3 Å². The molecule has 162 valence electrons. The average Bonchev–Trinajstić information content (AvgIpc) is 2.76. The predicted octanol–water partition coefficient (Wildman–Crippen LogP) is 2.57. The zero-order valence-corrected chi connectivity index (χ0v) is 17.9. The SMILES string of the molecule is COc1cc(OC)c(OC)cc1CNC(=O)COC(=O)COc1cccc(C)c1C. The Morgan fingerprint density at radius 2 is 1.53 bits per heavy atom. The monoisotopic (exact) mass is 417 g/mol. The number of hydrogen-bond acceptors (Lipinski definition) is 7. The number of ether oxygens (including phenoxy) is 5. The van der Waals surface area contributed by atoms with E-state index in [-0.39, 0.29) is 13.2 Å². The Bertz CT molecular complexity index is 895. The van der Waals surface area contributed by atoms with Crippen LogP contribution in [0.3, 0.4) is 0 Å². The van der Waals surface area contributed by atoms with E-state index in [2.05, 4.69) is 5.32 Å². The van der Waals surface area contributed by atoms with Gasteiger partial charge < -0.3 is 29.0 Å². The number of rotatable bonds is 10. The zero-order valence-electron chi connectivity index (χ0n) is 17.9. The predicted molar refractivity (Wildman–Crippen MR) is 110 cm³/mol. The highest BCUT2D eigenvalue weighted by atomic mass is 16.6. The van der Waals surface area contributed by atoms with E-state index in [0.29, 0.717) is 28.6 Å². The molecule has 0 radical (unpaired) electrons. The standard InChI is InChI=1S/C22H27NO7/c1-14-7-6-8-17(15(14)2)29-13-22(25)30-12-21(24)23-11-16-9-19(27-4)20(28-5)10-18(16)26-3/h6-10H,11-13H2,1-5H3,(H,23,24). The molecule has 0 atom stereocenters. The first kappa shape index (κ1) is 22.9. The molecule has 8 nitrogen and oxygen atoms in total. The molecule has 0 aliphatic rings. The molecule has 0 spiro atoms. The molecular formula is C22H27NO7. The highest BCUT2D eigenvalue weighted by Crippen LogP contribution is 2.34. The molecule has 2 rings (SSSR count). The van der Waals surface area contributed by atoms with Gasteiger partial charge in [-0.1, -0.05) is 12.1 Å². The van der Waals surface area contributed by atoms with Crippen LogP contribution in [0, 0.1) is 13.8 Å². The molecule has 1 N–H and O–H groups in total. The van der Waals surface area contributed by atoms with Crippen LogP contribution in [0.4, 0.5) is 0 Å². The summed E-state index contributed by atoms with van der Waals surface area (Å²) in [7, 11) is 4.56. The van der Waals surface area contributed by atoms with E-state index in [4.69, 9.17) is 23.7 Å². The lowest BCUT2D eigenvalue weighted by Crippen LogP contribution is -2.29. The van der Waals surface area contributed by atoms with Crippen LogP contribution in [0.5, 0.6) is 23.0 Å². The smallest absolute Gasteiger partial charge is 0.344 e. The topological polar surface area (TPSA) is 92.3 Å². The molecule has 30 heavy (non-hydrogen) atoms. The number of aryl methyl sites for hydroxylation is 1. The van der Waals surface area contributed by atoms with E-state index in [1.807, 2.05) is 26.0 Å². The van der Waals surface area contributed by atoms with E-state index >= 15 is 0 Å². The van der Waals surface area contributed by atoms with Gasteiger partial charge in [0.2, 0.25) is 0 Å². The van der Waals surface area contributed by atoms with Gasteiger partial charge in [-0.25, -0.2) is 4.79 Å². The Kier molecular flexibility index (Phi) is 8.34. The van der Waals surface area contributed by atoms with Crippen LogP contribution in [0.25, 0.3) is 0 Å². The van der Waals surface area contributed by atoms with Crippen molar-refractivity contribution in [3.05, 3.63) is 47.0 Å². The summed E-state index contributed by atoms with van der Waals surface area (Å²) >= 11 is 0. The van der Waals surface area contributed by atoms with Crippen molar-refractivity contribution in [1.29, 1.82) is 0 Å². The minimum atomic E-state index is -0.630. The number of esters is 1. The fourth-order valence-corrected chi connectivity index (χ4v) is 2.68. The number of benzene rings is 2. The van der Waals surface area contributed by atoms with Gasteiger partial charge in [-0.2, -0.15) is 0 Å². The molecule has 0 heterocycles. The number of carbonyl (C=O) groups is 2. The molecule has 0 aromatic heterocycles. The van der Waals surface area contributed by atoms with Gasteiger partial charge in [0.15, 0.2) is 24.7 Å². The Hall–Kier alpha value is -3.42. The van der Waals surface area contributed by atoms with Gasteiger partial charge in [0.25, 0.3) is 5.91 Å². The maximum absolute atomic E-state index is 12.0. The van der Waals surface area contributed by atoms with E-state index in [9.17, 15) is 9.59 Å². The fourth-order valence-electron chi connectivity index (χ4n) is 2.68. The molecule has 0 aliphatic carbocycles. The van der Waals surface area contributed by atoms with Crippen LogP contribution < -0.4 is 24.3 Å². The summed E-state index contributed by atoms with van der Waals surface area (Å²) in [5, 5.41) is 2.67. The Morgan fingerprint density at radius 1 is 0.867 bits per heavy atom. The first-order valence-electron chi connectivity index (χ1n) is 9.29. The van der Waals surface area contributed by atoms with Crippen LogP contribution >= 0.6 is 0 Å². The third-order valence-corrected chi connectivity index (χ3v) is 4.53. The van der Waals surface area contributed by atoms with E-state index in [0.717, 1.165) is 11.1 Å². The van der Waals surface area contributed by atoms with Gasteiger partial charge >= 0.3 is 5.97 Å². The first-order valence-corrected chi connectivity index (χ1v) is 9.29. The van der Waals surface area contributed by atoms with Crippen molar-refractivity contribution >= 4 is 11.9 Å². The third kappa shape index (κ3) is 6.04. The quantitative estimate of drug-likeness (QED) is 0.594. The van der Waals surface area contributed by atoms with Gasteiger partial charge in [0, 0.05) is 18.2 Å². The summed E-state index contributed by atoms with van der Waals surface area (Å²) in [6, 6.07) is 8.96. The molecule has 0 aliphatic heterocycles. The lowest BCUT2D eigenvalue weighted by Gasteiger charge is -2.14. The molecule has 2 aromatic rings. The van der Waals surface area contributed by atoms with Crippen molar-refractivity contribution in [3.8, 4) is 23.0 Å². The van der Waals surface area contributed by atoms with Crippen molar-refractivity contribution in [1.82, 2.24) is 5.32 Å². The summed E-state index contributed by atoms with van der Waals surface area (Å²) in [5.41, 5.74) is 2.70. The Balaban J connectivity index is 1.83. The molecule has 8 heteroatoms. The molecule has 0 fully saturated rings. The zero-order chi connectivity index (χ0) is 22.1. The lowest BCUT2D eigenvalue weighted by atomic mass is 10.1. The number of hydrogen-bond donors (Lipinski definition) is 1. The number of amides is 1. The van der Waals surface area contributed by atoms with Crippen LogP contribution in [0.1, 0.15) is 16.7 Å². The second kappa shape index (κ2) is 10.9. The van der Waals surface area contributed by atoms with Gasteiger partial charge in [0.05, 0.1) is 21.3 Å². The first-order chi connectivity index (χ1) is 14.4. The van der Waals surface area contributed by atoms with Crippen LogP contribution in [0.2, 0.25) is 0 Å². The second-order valence-corrected chi connectivity index (χ2v) is 6.44. The van der Waals surface area contributed by atoms with Crippen molar-refractivity contribution in [3.63, 3.8) is 0 Å². The Labute approximate surface area is 176 Å². The largest absolute Gasteiger partial charge is 0.496 e. The summed E-state index contributed by atoms with van der Waals surface area (Å²) in [6.45, 7) is 3.34. The van der Waals surface area contributed by atoms with Crippen molar-refractivity contribution in [2.24, 2.45) is 0 Å². The van der Waals surface area contributed by atoms with Crippen LogP contribution in [-0.4, -0.2) is 46.4 Å². The van der Waals surface area contributed by atoms with Gasteiger partial charge in [-0.05, 0) is 37.1 Å². The van der Waals surface area contributed by atoms with Crippen LogP contribution in [-0.2, 0) is 20.9 Å².